The zero-order chi connectivity index (χ0) is 7.98. The first-order valence-corrected chi connectivity index (χ1v) is 4.74. The summed E-state index contributed by atoms with van der Waals surface area (Å²) in [4.78, 5) is 10.1. The Morgan fingerprint density at radius 3 is 2.70 bits per heavy atom. The van der Waals surface area contributed by atoms with Crippen molar-refractivity contribution in [1.29, 1.82) is 0 Å². The van der Waals surface area contributed by atoms with E-state index in [0.717, 1.165) is 10.8 Å². The van der Waals surface area contributed by atoms with Crippen LogP contribution < -0.4 is 5.32 Å². The summed E-state index contributed by atoms with van der Waals surface area (Å²) < 4.78 is 0.960. The average Bonchev–Trinajstić information content (AvgIpc) is 1.90. The van der Waals surface area contributed by atoms with E-state index in [1.807, 2.05) is 6.92 Å². The van der Waals surface area contributed by atoms with E-state index in [2.05, 4.69) is 27.9 Å². The molecule has 0 aliphatic carbocycles. The predicted octanol–water partition coefficient (Wildman–Crippen LogP) is 0.874. The maximum absolute atomic E-state index is 10.1. The highest BCUT2D eigenvalue weighted by atomic mass is 127. The van der Waals surface area contributed by atoms with Gasteiger partial charge in [-0.15, -0.1) is 0 Å². The predicted molar refractivity (Wildman–Crippen MR) is 48.6 cm³/mol. The van der Waals surface area contributed by atoms with Crippen LogP contribution in [0.4, 0.5) is 0 Å². The summed E-state index contributed by atoms with van der Waals surface area (Å²) in [6, 6.07) is 0.344. The molecule has 0 aliphatic heterocycles. The number of aliphatic carboxylic acids is 1. The smallest absolute Gasteiger partial charge is 0.317 e. The van der Waals surface area contributed by atoms with E-state index in [1.54, 1.807) is 0 Å². The van der Waals surface area contributed by atoms with Crippen molar-refractivity contribution in [2.24, 2.45) is 0 Å². The van der Waals surface area contributed by atoms with Crippen LogP contribution in [0.5, 0.6) is 0 Å². The number of nitrogens with one attached hydrogen (secondary N) is 1. The normalized spacial score (nSPS) is 13.0. The van der Waals surface area contributed by atoms with Crippen molar-refractivity contribution < 1.29 is 9.90 Å². The first kappa shape index (κ1) is 10.2. The molecule has 4 heteroatoms. The maximum atomic E-state index is 10.1. The Balaban J connectivity index is 3.34. The summed E-state index contributed by atoms with van der Waals surface area (Å²) in [5.74, 6) is -0.789. The van der Waals surface area contributed by atoms with Crippen LogP contribution in [0.15, 0.2) is 0 Å². The molecule has 3 nitrogen and oxygen atoms in total. The van der Waals surface area contributed by atoms with Crippen LogP contribution >= 0.6 is 22.6 Å². The third kappa shape index (κ3) is 4.99. The van der Waals surface area contributed by atoms with Crippen LogP contribution in [0.2, 0.25) is 0 Å². The largest absolute Gasteiger partial charge is 0.480 e. The van der Waals surface area contributed by atoms with Crippen LogP contribution in [0, 0.1) is 0 Å². The number of halogens is 1. The Morgan fingerprint density at radius 2 is 2.40 bits per heavy atom. The lowest BCUT2D eigenvalue weighted by atomic mass is 10.3. The molecule has 0 rings (SSSR count). The van der Waals surface area contributed by atoms with E-state index in [-0.39, 0.29) is 6.54 Å². The third-order valence-corrected chi connectivity index (χ3v) is 2.28. The van der Waals surface area contributed by atoms with Gasteiger partial charge in [0.2, 0.25) is 0 Å². The molecule has 2 N–H and O–H groups in total. The maximum Gasteiger partial charge on any atom is 0.317 e. The minimum Gasteiger partial charge on any atom is -0.480 e. The summed E-state index contributed by atoms with van der Waals surface area (Å²) >= 11 is 2.24. The van der Waals surface area contributed by atoms with Gasteiger partial charge in [-0.3, -0.25) is 4.79 Å². The number of rotatable bonds is 5. The molecule has 0 aromatic heterocycles. The summed E-state index contributed by atoms with van der Waals surface area (Å²) in [5.41, 5.74) is 0. The van der Waals surface area contributed by atoms with Gasteiger partial charge < -0.3 is 10.4 Å². The molecule has 0 saturated heterocycles. The molecule has 0 fully saturated rings. The van der Waals surface area contributed by atoms with E-state index in [4.69, 9.17) is 5.11 Å². The molecule has 0 spiro atoms. The second-order valence-corrected chi connectivity index (χ2v) is 2.91. The number of alkyl halides is 1. The van der Waals surface area contributed by atoms with Gasteiger partial charge in [-0.2, -0.15) is 0 Å². The van der Waals surface area contributed by atoms with Gasteiger partial charge in [-0.1, -0.05) is 29.5 Å². The van der Waals surface area contributed by atoms with E-state index in [9.17, 15) is 4.79 Å². The molecule has 10 heavy (non-hydrogen) atoms. The van der Waals surface area contributed by atoms with Gasteiger partial charge in [0, 0.05) is 10.5 Å². The third-order valence-electron chi connectivity index (χ3n) is 1.22. The topological polar surface area (TPSA) is 49.3 Å². The van der Waals surface area contributed by atoms with E-state index in [0.29, 0.717) is 6.04 Å². The van der Waals surface area contributed by atoms with Gasteiger partial charge in [0.1, 0.15) is 0 Å². The molecular weight excluding hydrogens is 245 g/mol. The fraction of sp³-hybridized carbons (Fsp3) is 0.833. The Bertz CT molecular complexity index is 104. The molecule has 1 unspecified atom stereocenters. The van der Waals surface area contributed by atoms with Crippen molar-refractivity contribution in [2.45, 2.75) is 19.4 Å². The number of carboxylic acids is 1. The molecule has 0 saturated carbocycles. The fourth-order valence-corrected chi connectivity index (χ4v) is 1.47. The Labute approximate surface area is 74.3 Å². The highest BCUT2D eigenvalue weighted by Gasteiger charge is 2.04. The van der Waals surface area contributed by atoms with Crippen molar-refractivity contribution >= 4 is 28.6 Å². The molecule has 0 heterocycles. The Morgan fingerprint density at radius 1 is 1.80 bits per heavy atom. The van der Waals surface area contributed by atoms with E-state index < -0.39 is 5.97 Å². The molecule has 0 amide bonds. The lowest BCUT2D eigenvalue weighted by Crippen LogP contribution is -2.34. The van der Waals surface area contributed by atoms with Crippen molar-refractivity contribution in [3.05, 3.63) is 0 Å². The summed E-state index contributed by atoms with van der Waals surface area (Å²) in [7, 11) is 0. The molecule has 0 aliphatic rings. The Hall–Kier alpha value is 0.160. The number of carbonyl (C=O) groups is 1. The minimum absolute atomic E-state index is 0.0709. The quantitative estimate of drug-likeness (QED) is 0.567. The first-order chi connectivity index (χ1) is 4.70. The first-order valence-electron chi connectivity index (χ1n) is 3.21. The lowest BCUT2D eigenvalue weighted by molar-refractivity contribution is -0.136. The zero-order valence-electron chi connectivity index (χ0n) is 5.93. The van der Waals surface area contributed by atoms with Gasteiger partial charge in [0.25, 0.3) is 0 Å². The summed E-state index contributed by atoms with van der Waals surface area (Å²) in [5, 5.41) is 11.2. The monoisotopic (exact) mass is 257 g/mol. The van der Waals surface area contributed by atoms with Gasteiger partial charge in [0.15, 0.2) is 0 Å². The highest BCUT2D eigenvalue weighted by Crippen LogP contribution is 1.95. The number of carboxylic acid groups (broad SMARTS) is 1. The van der Waals surface area contributed by atoms with E-state index >= 15 is 0 Å². The van der Waals surface area contributed by atoms with Crippen molar-refractivity contribution in [1.82, 2.24) is 5.32 Å². The highest BCUT2D eigenvalue weighted by molar-refractivity contribution is 14.1. The van der Waals surface area contributed by atoms with Crippen LogP contribution in [-0.2, 0) is 4.79 Å². The average molecular weight is 257 g/mol. The van der Waals surface area contributed by atoms with Crippen LogP contribution in [0.1, 0.15) is 13.3 Å². The molecule has 0 aromatic carbocycles. The summed E-state index contributed by atoms with van der Waals surface area (Å²) in [6.45, 7) is 2.11. The minimum atomic E-state index is -0.789. The molecule has 1 atom stereocenters. The number of hydrogen-bond acceptors (Lipinski definition) is 2. The van der Waals surface area contributed by atoms with Gasteiger partial charge in [0.05, 0.1) is 6.54 Å². The Kier molecular flexibility index (Phi) is 6.00. The standard InChI is InChI=1S/C6H12INO2/c1-2-5(3-7)8-4-6(9)10/h5,8H,2-4H2,1H3,(H,9,10). The van der Waals surface area contributed by atoms with Crippen LogP contribution in [0.3, 0.4) is 0 Å². The van der Waals surface area contributed by atoms with Gasteiger partial charge >= 0.3 is 5.97 Å². The molecular formula is C6H12INO2. The van der Waals surface area contributed by atoms with Crippen molar-refractivity contribution in [3.63, 3.8) is 0 Å². The van der Waals surface area contributed by atoms with Crippen LogP contribution in [-0.4, -0.2) is 28.1 Å². The van der Waals surface area contributed by atoms with Crippen LogP contribution in [0.25, 0.3) is 0 Å². The van der Waals surface area contributed by atoms with E-state index in [1.165, 1.54) is 0 Å². The molecule has 60 valence electrons. The SMILES string of the molecule is CCC(CI)NCC(=O)O. The summed E-state index contributed by atoms with van der Waals surface area (Å²) in [6.07, 6.45) is 0.982. The molecule has 0 bridgehead atoms. The second kappa shape index (κ2) is 5.91. The lowest BCUT2D eigenvalue weighted by Gasteiger charge is -2.10. The fourth-order valence-electron chi connectivity index (χ4n) is 0.540. The zero-order valence-corrected chi connectivity index (χ0v) is 8.09. The molecule has 0 radical (unpaired) electrons. The molecule has 0 aromatic rings. The van der Waals surface area contributed by atoms with Crippen molar-refractivity contribution in [2.75, 3.05) is 11.0 Å². The van der Waals surface area contributed by atoms with Gasteiger partial charge in [-0.25, -0.2) is 0 Å². The van der Waals surface area contributed by atoms with Gasteiger partial charge in [-0.05, 0) is 6.42 Å². The number of hydrogen-bond donors (Lipinski definition) is 2. The van der Waals surface area contributed by atoms with Crippen molar-refractivity contribution in [3.8, 4) is 0 Å². The second-order valence-electron chi connectivity index (χ2n) is 2.03.